The number of hydrogen-bond acceptors (Lipinski definition) is 6. The van der Waals surface area contributed by atoms with E-state index in [1.165, 1.54) is 0 Å². The molecule has 3 aromatic rings. The number of benzene rings is 2. The zero-order chi connectivity index (χ0) is 19.7. The van der Waals surface area contributed by atoms with Gasteiger partial charge in [-0.3, -0.25) is 0 Å². The maximum atomic E-state index is 6.19. The number of nitrogens with zero attached hydrogens (tertiary/aromatic N) is 2. The smallest absolute Gasteiger partial charge is 0.231 e. The van der Waals surface area contributed by atoms with Gasteiger partial charge in [-0.1, -0.05) is 31.7 Å². The lowest BCUT2D eigenvalue weighted by Gasteiger charge is -2.12. The molecule has 8 heteroatoms. The van der Waals surface area contributed by atoms with E-state index < -0.39 is 0 Å². The third-order valence-corrected chi connectivity index (χ3v) is 6.82. The first-order valence-electron chi connectivity index (χ1n) is 9.28. The number of nitrogen functional groups attached to an aromatic ring is 1. The SMILES string of the molecule is CC(C)NCCCn1c(Sc2cc3c(cc2[124I])OCO3)nc2c(N)cccc21. The highest BCUT2D eigenvalue weighted by Crippen LogP contribution is 2.41. The maximum Gasteiger partial charge on any atom is 0.231 e. The van der Waals surface area contributed by atoms with Crippen molar-refractivity contribution in [1.82, 2.24) is 14.9 Å². The predicted molar refractivity (Wildman–Crippen MR) is 121 cm³/mol. The second kappa shape index (κ2) is 8.38. The molecule has 1 aromatic heterocycles. The van der Waals surface area contributed by atoms with Crippen LogP contribution in [0.25, 0.3) is 11.0 Å². The lowest BCUT2D eigenvalue weighted by Crippen LogP contribution is -2.24. The summed E-state index contributed by atoms with van der Waals surface area (Å²) in [5, 5.41) is 4.42. The van der Waals surface area contributed by atoms with Gasteiger partial charge in [0.2, 0.25) is 6.79 Å². The van der Waals surface area contributed by atoms with Crippen LogP contribution in [0.1, 0.15) is 20.3 Å². The monoisotopic (exact) mass is 507 g/mol. The normalized spacial score (nSPS) is 13.0. The first-order chi connectivity index (χ1) is 13.5. The average molecular weight is 507 g/mol. The fourth-order valence-corrected chi connectivity index (χ4v) is 4.87. The van der Waals surface area contributed by atoms with Crippen LogP contribution >= 0.6 is 34.4 Å². The van der Waals surface area contributed by atoms with Gasteiger partial charge >= 0.3 is 0 Å². The molecule has 3 N–H and O–H groups in total. The van der Waals surface area contributed by atoms with Crippen LogP contribution in [0.15, 0.2) is 40.4 Å². The Labute approximate surface area is 182 Å². The summed E-state index contributed by atoms with van der Waals surface area (Å²) in [7, 11) is 0. The Morgan fingerprint density at radius 2 is 2.07 bits per heavy atom. The van der Waals surface area contributed by atoms with Crippen LogP contribution in [0.2, 0.25) is 0 Å². The van der Waals surface area contributed by atoms with Gasteiger partial charge in [-0.15, -0.1) is 0 Å². The second-order valence-corrected chi connectivity index (χ2v) is 9.13. The molecule has 0 unspecified atom stereocenters. The summed E-state index contributed by atoms with van der Waals surface area (Å²) in [5.41, 5.74) is 8.83. The highest BCUT2D eigenvalue weighted by atomic mass is 124. The van der Waals surface area contributed by atoms with Crippen molar-refractivity contribution in [3.63, 3.8) is 0 Å². The fraction of sp³-hybridized carbons (Fsp3) is 0.350. The third kappa shape index (κ3) is 4.04. The van der Waals surface area contributed by atoms with Gasteiger partial charge in [0.1, 0.15) is 5.52 Å². The summed E-state index contributed by atoms with van der Waals surface area (Å²) in [6, 6.07) is 10.5. The van der Waals surface area contributed by atoms with E-state index in [9.17, 15) is 0 Å². The Kier molecular flexibility index (Phi) is 5.88. The van der Waals surface area contributed by atoms with Gasteiger partial charge in [0.15, 0.2) is 16.7 Å². The van der Waals surface area contributed by atoms with Crippen molar-refractivity contribution in [3.8, 4) is 11.5 Å². The maximum absolute atomic E-state index is 6.19. The van der Waals surface area contributed by atoms with E-state index in [1.54, 1.807) is 11.8 Å². The molecule has 148 valence electrons. The molecule has 0 bridgehead atoms. The molecule has 1 aliphatic rings. The molecule has 0 saturated carbocycles. The summed E-state index contributed by atoms with van der Waals surface area (Å²) in [5.74, 6) is 1.58. The summed E-state index contributed by atoms with van der Waals surface area (Å²) in [4.78, 5) is 5.96. The van der Waals surface area contributed by atoms with Crippen LogP contribution < -0.4 is 20.5 Å². The molecule has 0 radical (unpaired) electrons. The van der Waals surface area contributed by atoms with Crippen molar-refractivity contribution in [2.24, 2.45) is 0 Å². The van der Waals surface area contributed by atoms with E-state index >= 15 is 0 Å². The molecular formula is C20H23IN4O2S. The van der Waals surface area contributed by atoms with E-state index in [4.69, 9.17) is 20.2 Å². The van der Waals surface area contributed by atoms with Gasteiger partial charge in [0.25, 0.3) is 0 Å². The van der Waals surface area contributed by atoms with Crippen molar-refractivity contribution in [2.75, 3.05) is 19.1 Å². The van der Waals surface area contributed by atoms with Gasteiger partial charge in [0, 0.05) is 21.1 Å². The second-order valence-electron chi connectivity index (χ2n) is 6.96. The minimum absolute atomic E-state index is 0.275. The number of nitrogens with two attached hydrogens (primary N) is 1. The largest absolute Gasteiger partial charge is 0.454 e. The molecule has 6 nitrogen and oxygen atoms in total. The van der Waals surface area contributed by atoms with Crippen molar-refractivity contribution in [1.29, 1.82) is 0 Å². The van der Waals surface area contributed by atoms with Crippen LogP contribution in [0, 0.1) is 3.57 Å². The van der Waals surface area contributed by atoms with E-state index in [0.717, 1.165) is 55.7 Å². The zero-order valence-electron chi connectivity index (χ0n) is 15.9. The van der Waals surface area contributed by atoms with E-state index in [-0.39, 0.29) is 6.79 Å². The van der Waals surface area contributed by atoms with Gasteiger partial charge in [-0.25, -0.2) is 4.98 Å². The Morgan fingerprint density at radius 1 is 1.29 bits per heavy atom. The van der Waals surface area contributed by atoms with Gasteiger partial charge < -0.3 is 25.1 Å². The number of anilines is 1. The summed E-state index contributed by atoms with van der Waals surface area (Å²) < 4.78 is 14.4. The van der Waals surface area contributed by atoms with Crippen molar-refractivity contribution < 1.29 is 9.47 Å². The first kappa shape index (κ1) is 19.7. The van der Waals surface area contributed by atoms with Crippen molar-refractivity contribution in [3.05, 3.63) is 33.9 Å². The number of imidazole rings is 1. The lowest BCUT2D eigenvalue weighted by atomic mass is 10.2. The minimum Gasteiger partial charge on any atom is -0.454 e. The van der Waals surface area contributed by atoms with Gasteiger partial charge in [0.05, 0.1) is 11.2 Å². The van der Waals surface area contributed by atoms with Crippen LogP contribution in [0.3, 0.4) is 0 Å². The number of aryl methyl sites for hydroxylation is 1. The highest BCUT2D eigenvalue weighted by Gasteiger charge is 2.20. The molecule has 0 atom stereocenters. The number of halogens is 1. The number of rotatable bonds is 7. The number of nitrogens with one attached hydrogen (secondary N) is 1. The standard InChI is InChI=1S/C20H23IN4O2S/c1-12(2)23-7-4-8-25-15-6-3-5-14(22)19(15)24-20(25)28-18-10-17-16(9-13(18)21)26-11-27-17/h3,5-6,9-10,12,23H,4,7-8,11,22H2,1-2H3/i21-3. The first-order valence-corrected chi connectivity index (χ1v) is 11.2. The predicted octanol–water partition coefficient (Wildman–Crippen LogP) is 4.49. The van der Waals surface area contributed by atoms with E-state index in [0.29, 0.717) is 11.7 Å². The molecule has 2 aromatic carbocycles. The highest BCUT2D eigenvalue weighted by molar-refractivity contribution is 14.1. The molecule has 0 spiro atoms. The third-order valence-electron chi connectivity index (χ3n) is 4.51. The number of para-hydroxylation sites is 1. The van der Waals surface area contributed by atoms with Crippen LogP contribution in [-0.4, -0.2) is 28.9 Å². The van der Waals surface area contributed by atoms with Crippen LogP contribution in [0.5, 0.6) is 11.5 Å². The van der Waals surface area contributed by atoms with Gasteiger partial charge in [-0.05, 0) is 59.8 Å². The van der Waals surface area contributed by atoms with Crippen molar-refractivity contribution in [2.45, 2.75) is 42.9 Å². The van der Waals surface area contributed by atoms with E-state index in [1.807, 2.05) is 24.3 Å². The minimum atomic E-state index is 0.275. The molecular weight excluding hydrogens is 484 g/mol. The number of ether oxygens (including phenoxy) is 2. The summed E-state index contributed by atoms with van der Waals surface area (Å²) in [6.07, 6.45) is 1.02. The zero-order valence-corrected chi connectivity index (χ0v) is 18.8. The topological polar surface area (TPSA) is 74.3 Å². The van der Waals surface area contributed by atoms with Crippen LogP contribution in [-0.2, 0) is 6.54 Å². The summed E-state index contributed by atoms with van der Waals surface area (Å²) in [6.45, 7) is 6.44. The summed E-state index contributed by atoms with van der Waals surface area (Å²) >= 11 is 3.97. The Morgan fingerprint density at radius 3 is 2.86 bits per heavy atom. The molecule has 0 amide bonds. The molecule has 2 heterocycles. The molecule has 28 heavy (non-hydrogen) atoms. The van der Waals surface area contributed by atoms with E-state index in [2.05, 4.69) is 52.4 Å². The number of hydrogen-bond donors (Lipinski definition) is 2. The average Bonchev–Trinajstić information content (AvgIpc) is 3.24. The van der Waals surface area contributed by atoms with Crippen molar-refractivity contribution >= 4 is 51.1 Å². The number of aromatic nitrogens is 2. The molecule has 0 fully saturated rings. The molecule has 0 saturated heterocycles. The Hall–Kier alpha value is -1.65. The lowest BCUT2D eigenvalue weighted by molar-refractivity contribution is 0.174. The molecule has 1 aliphatic heterocycles. The Bertz CT molecular complexity index is 1010. The van der Waals surface area contributed by atoms with Gasteiger partial charge in [-0.2, -0.15) is 0 Å². The number of fused-ring (bicyclic) bond motifs is 2. The van der Waals surface area contributed by atoms with Crippen LogP contribution in [0.4, 0.5) is 5.69 Å². The fourth-order valence-electron chi connectivity index (χ4n) is 3.14. The molecule has 4 rings (SSSR count). The molecule has 0 aliphatic carbocycles. The quantitative estimate of drug-likeness (QED) is 0.279. The Balaban J connectivity index is 1.66.